The number of piperidine rings is 1. The first-order valence-electron chi connectivity index (χ1n) is 9.60. The zero-order chi connectivity index (χ0) is 17.5. The zero-order valence-corrected chi connectivity index (χ0v) is 15.4. The summed E-state index contributed by atoms with van der Waals surface area (Å²) in [5, 5.41) is 3.06. The molecule has 136 valence electrons. The summed E-state index contributed by atoms with van der Waals surface area (Å²) in [6.45, 7) is 8.07. The summed E-state index contributed by atoms with van der Waals surface area (Å²) in [5.74, 6) is 1.85. The maximum absolute atomic E-state index is 13.0. The average molecular weight is 335 g/mol. The molecule has 5 nitrogen and oxygen atoms in total. The van der Waals surface area contributed by atoms with Crippen LogP contribution in [0.3, 0.4) is 0 Å². The zero-order valence-electron chi connectivity index (χ0n) is 15.4. The molecule has 3 rings (SSSR count). The Labute approximate surface area is 145 Å². The molecular formula is C19H33N3O2. The summed E-state index contributed by atoms with van der Waals surface area (Å²) in [5.41, 5.74) is 5.99. The lowest BCUT2D eigenvalue weighted by molar-refractivity contribution is -0.139. The fourth-order valence-corrected chi connectivity index (χ4v) is 4.85. The SMILES string of the molecule is CC(C)(C)C(=O)NCC1CCCN(C(=O)C2C3CCC(C3)C2N)C1. The standard InChI is InChI=1S/C19H33N3O2/c1-19(2,3)18(24)21-10-12-5-4-8-22(11-12)17(23)15-13-6-7-14(9-13)16(15)20/h12-16H,4-11,20H2,1-3H3,(H,21,24). The van der Waals surface area contributed by atoms with Crippen LogP contribution in [0.15, 0.2) is 0 Å². The van der Waals surface area contributed by atoms with Gasteiger partial charge in [0.1, 0.15) is 0 Å². The average Bonchev–Trinajstić information content (AvgIpc) is 3.12. The number of amides is 2. The minimum atomic E-state index is -0.361. The molecule has 2 bridgehead atoms. The van der Waals surface area contributed by atoms with Gasteiger partial charge in [-0.3, -0.25) is 9.59 Å². The molecule has 2 saturated carbocycles. The molecule has 1 aliphatic heterocycles. The van der Waals surface area contributed by atoms with E-state index in [4.69, 9.17) is 5.73 Å². The minimum Gasteiger partial charge on any atom is -0.355 e. The van der Waals surface area contributed by atoms with Gasteiger partial charge in [-0.2, -0.15) is 0 Å². The van der Waals surface area contributed by atoms with Crippen molar-refractivity contribution in [3.63, 3.8) is 0 Å². The van der Waals surface area contributed by atoms with Crippen LogP contribution in [-0.2, 0) is 9.59 Å². The first kappa shape index (κ1) is 17.7. The van der Waals surface area contributed by atoms with Crippen LogP contribution < -0.4 is 11.1 Å². The topological polar surface area (TPSA) is 75.4 Å². The lowest BCUT2D eigenvalue weighted by Crippen LogP contribution is -2.51. The van der Waals surface area contributed by atoms with Gasteiger partial charge >= 0.3 is 0 Å². The van der Waals surface area contributed by atoms with E-state index in [0.717, 1.165) is 32.4 Å². The number of nitrogens with one attached hydrogen (secondary N) is 1. The van der Waals surface area contributed by atoms with E-state index in [9.17, 15) is 9.59 Å². The number of hydrogen-bond acceptors (Lipinski definition) is 3. The van der Waals surface area contributed by atoms with Gasteiger partial charge in [0.2, 0.25) is 11.8 Å². The van der Waals surface area contributed by atoms with Crippen molar-refractivity contribution in [2.24, 2.45) is 34.8 Å². The smallest absolute Gasteiger partial charge is 0.227 e. The number of nitrogens with two attached hydrogens (primary N) is 1. The van der Waals surface area contributed by atoms with Gasteiger partial charge in [0.15, 0.2) is 0 Å². The number of rotatable bonds is 3. The van der Waals surface area contributed by atoms with Crippen molar-refractivity contribution in [2.45, 2.75) is 58.9 Å². The molecule has 0 aromatic carbocycles. The molecule has 2 amide bonds. The highest BCUT2D eigenvalue weighted by atomic mass is 16.2. The molecule has 3 N–H and O–H groups in total. The molecule has 0 radical (unpaired) electrons. The van der Waals surface area contributed by atoms with E-state index in [-0.39, 0.29) is 29.2 Å². The Hall–Kier alpha value is -1.10. The third-order valence-electron chi connectivity index (χ3n) is 6.33. The Kier molecular flexibility index (Phi) is 4.92. The van der Waals surface area contributed by atoms with Crippen molar-refractivity contribution in [3.8, 4) is 0 Å². The second-order valence-electron chi connectivity index (χ2n) is 9.19. The molecule has 5 atom stereocenters. The first-order valence-corrected chi connectivity index (χ1v) is 9.60. The highest BCUT2D eigenvalue weighted by Gasteiger charge is 2.50. The number of nitrogens with zero attached hydrogens (tertiary/aromatic N) is 1. The van der Waals surface area contributed by atoms with Gasteiger partial charge in [-0.25, -0.2) is 0 Å². The maximum Gasteiger partial charge on any atom is 0.227 e. The lowest BCUT2D eigenvalue weighted by Gasteiger charge is -2.37. The Morgan fingerprint density at radius 3 is 2.50 bits per heavy atom. The van der Waals surface area contributed by atoms with Crippen LogP contribution >= 0.6 is 0 Å². The van der Waals surface area contributed by atoms with Crippen molar-refractivity contribution in [1.82, 2.24) is 10.2 Å². The van der Waals surface area contributed by atoms with E-state index < -0.39 is 0 Å². The second-order valence-corrected chi connectivity index (χ2v) is 9.19. The summed E-state index contributed by atoms with van der Waals surface area (Å²) < 4.78 is 0. The predicted octanol–water partition coefficient (Wildman–Crippen LogP) is 1.76. The van der Waals surface area contributed by atoms with Crippen molar-refractivity contribution >= 4 is 11.8 Å². The molecule has 0 aromatic heterocycles. The quantitative estimate of drug-likeness (QED) is 0.825. The number of likely N-dealkylation sites (tertiary alicyclic amines) is 1. The Bertz CT molecular complexity index is 497. The molecule has 3 fully saturated rings. The third kappa shape index (κ3) is 3.46. The summed E-state index contributed by atoms with van der Waals surface area (Å²) in [6.07, 6.45) is 5.63. The highest BCUT2D eigenvalue weighted by Crippen LogP contribution is 2.48. The van der Waals surface area contributed by atoms with Crippen LogP contribution in [-0.4, -0.2) is 42.4 Å². The fraction of sp³-hybridized carbons (Fsp3) is 0.895. The molecule has 3 aliphatic rings. The molecule has 5 heteroatoms. The van der Waals surface area contributed by atoms with Crippen LogP contribution in [0.1, 0.15) is 52.9 Å². The monoisotopic (exact) mass is 335 g/mol. The number of hydrogen-bond donors (Lipinski definition) is 2. The molecular weight excluding hydrogens is 302 g/mol. The number of carbonyl (C=O) groups is 2. The van der Waals surface area contributed by atoms with Gasteiger partial charge in [-0.1, -0.05) is 20.8 Å². The van der Waals surface area contributed by atoms with E-state index in [0.29, 0.717) is 24.3 Å². The first-order chi connectivity index (χ1) is 11.3. The lowest BCUT2D eigenvalue weighted by atomic mass is 9.83. The third-order valence-corrected chi connectivity index (χ3v) is 6.33. The van der Waals surface area contributed by atoms with E-state index in [1.54, 1.807) is 0 Å². The normalized spacial score (nSPS) is 36.0. The van der Waals surface area contributed by atoms with Gasteiger partial charge in [-0.15, -0.1) is 0 Å². The number of fused-ring (bicyclic) bond motifs is 2. The Morgan fingerprint density at radius 2 is 1.88 bits per heavy atom. The summed E-state index contributed by atoms with van der Waals surface area (Å²) in [6, 6.07) is 0.0669. The predicted molar refractivity (Wildman–Crippen MR) is 94.1 cm³/mol. The summed E-state index contributed by atoms with van der Waals surface area (Å²) in [7, 11) is 0. The molecule has 0 spiro atoms. The highest BCUT2D eigenvalue weighted by molar-refractivity contribution is 5.81. The molecule has 2 aliphatic carbocycles. The van der Waals surface area contributed by atoms with Gasteiger partial charge in [0, 0.05) is 31.1 Å². The fourth-order valence-electron chi connectivity index (χ4n) is 4.85. The molecule has 1 heterocycles. The van der Waals surface area contributed by atoms with Crippen LogP contribution in [0.25, 0.3) is 0 Å². The van der Waals surface area contributed by atoms with E-state index in [1.807, 2.05) is 25.7 Å². The molecule has 5 unspecified atom stereocenters. The summed E-state index contributed by atoms with van der Waals surface area (Å²) >= 11 is 0. The maximum atomic E-state index is 13.0. The van der Waals surface area contributed by atoms with Crippen molar-refractivity contribution < 1.29 is 9.59 Å². The van der Waals surface area contributed by atoms with Gasteiger partial charge < -0.3 is 16.0 Å². The minimum absolute atomic E-state index is 0.0478. The van der Waals surface area contributed by atoms with Gasteiger partial charge in [0.05, 0.1) is 5.92 Å². The van der Waals surface area contributed by atoms with E-state index in [2.05, 4.69) is 5.32 Å². The van der Waals surface area contributed by atoms with Gasteiger partial charge in [0.25, 0.3) is 0 Å². The Balaban J connectivity index is 1.54. The van der Waals surface area contributed by atoms with Crippen LogP contribution in [0.2, 0.25) is 0 Å². The van der Waals surface area contributed by atoms with Crippen molar-refractivity contribution in [2.75, 3.05) is 19.6 Å². The largest absolute Gasteiger partial charge is 0.355 e. The van der Waals surface area contributed by atoms with Gasteiger partial charge in [-0.05, 0) is 49.9 Å². The molecule has 24 heavy (non-hydrogen) atoms. The van der Waals surface area contributed by atoms with Crippen LogP contribution in [0.5, 0.6) is 0 Å². The second kappa shape index (κ2) is 6.66. The van der Waals surface area contributed by atoms with E-state index in [1.165, 1.54) is 12.8 Å². The van der Waals surface area contributed by atoms with Crippen LogP contribution in [0.4, 0.5) is 0 Å². The summed E-state index contributed by atoms with van der Waals surface area (Å²) in [4.78, 5) is 27.1. The molecule has 0 aromatic rings. The number of carbonyl (C=O) groups excluding carboxylic acids is 2. The van der Waals surface area contributed by atoms with Crippen molar-refractivity contribution in [3.05, 3.63) is 0 Å². The van der Waals surface area contributed by atoms with Crippen LogP contribution in [0, 0.1) is 29.1 Å². The Morgan fingerprint density at radius 1 is 1.17 bits per heavy atom. The molecule has 1 saturated heterocycles. The van der Waals surface area contributed by atoms with E-state index >= 15 is 0 Å². The van der Waals surface area contributed by atoms with Crippen molar-refractivity contribution in [1.29, 1.82) is 0 Å².